The van der Waals surface area contributed by atoms with Gasteiger partial charge in [-0.2, -0.15) is 0 Å². The van der Waals surface area contributed by atoms with Gasteiger partial charge in [0.1, 0.15) is 0 Å². The number of hydrogen-bond donors (Lipinski definition) is 2. The molecule has 0 atom stereocenters. The van der Waals surface area contributed by atoms with Gasteiger partial charge in [-0.1, -0.05) is 0 Å². The molecule has 0 aromatic carbocycles. The van der Waals surface area contributed by atoms with Crippen molar-refractivity contribution in [1.29, 1.82) is 0 Å². The normalized spacial score (nSPS) is 8.20. The molecule has 0 saturated carbocycles. The van der Waals surface area contributed by atoms with Gasteiger partial charge in [0.15, 0.2) is 6.79 Å². The molecule has 0 aliphatic carbocycles. The molecular weight excluding hydrogens is 331 g/mol. The minimum atomic E-state index is -0.579. The van der Waals surface area contributed by atoms with Crippen LogP contribution in [0.25, 0.3) is 0 Å². The number of aliphatic hydroxyl groups is 2. The fraction of sp³-hybridized carbons (Fsp3) is 0.800. The number of rotatable bonds is 4. The van der Waals surface area contributed by atoms with Gasteiger partial charge in [0.2, 0.25) is 0 Å². The third kappa shape index (κ3) is 8.31. The van der Waals surface area contributed by atoms with E-state index in [2.05, 4.69) is 4.74 Å². The maximum absolute atomic E-state index is 10.3. The number of carbonyl (C=O) groups excluding carboxylic acids is 1. The predicted octanol–water partition coefficient (Wildman–Crippen LogP) is -1.66. The van der Waals surface area contributed by atoms with Crippen LogP contribution in [0.4, 0.5) is 0 Å². The van der Waals surface area contributed by atoms with Crippen LogP contribution in [0.5, 0.6) is 0 Å². The Labute approximate surface area is 79.3 Å². The summed E-state index contributed by atoms with van der Waals surface area (Å²) in [4.78, 5) is 10.3. The Morgan fingerprint density at radius 1 is 1.40 bits per heavy atom. The molecule has 2 N–H and O–H groups in total. The first-order chi connectivity index (χ1) is 4.31. The topological polar surface area (TPSA) is 66.8 Å². The van der Waals surface area contributed by atoms with E-state index in [-0.39, 0.29) is 40.3 Å². The molecular formula is C5H12O4Pb. The van der Waals surface area contributed by atoms with E-state index < -0.39 is 12.8 Å². The van der Waals surface area contributed by atoms with Gasteiger partial charge in [-0.05, 0) is 6.42 Å². The molecule has 0 heterocycles. The molecule has 0 saturated heterocycles. The molecule has 0 spiro atoms. The minimum absolute atomic E-state index is 0. The van der Waals surface area contributed by atoms with Crippen molar-refractivity contribution < 1.29 is 19.7 Å². The third-order valence-electron chi connectivity index (χ3n) is 0.765. The van der Waals surface area contributed by atoms with Crippen LogP contribution in [0.3, 0.4) is 0 Å². The summed E-state index contributed by atoms with van der Waals surface area (Å²) in [6, 6.07) is 0. The summed E-state index contributed by atoms with van der Waals surface area (Å²) in [6.45, 7) is -0.606. The molecule has 4 nitrogen and oxygen atoms in total. The Hall–Kier alpha value is 0.312. The van der Waals surface area contributed by atoms with Gasteiger partial charge in [0.05, 0.1) is 0 Å². The number of aliphatic hydroxyl groups excluding tert-OH is 2. The van der Waals surface area contributed by atoms with Crippen molar-refractivity contribution in [2.24, 2.45) is 0 Å². The zero-order valence-corrected chi connectivity index (χ0v) is 11.2. The molecule has 0 amide bonds. The Morgan fingerprint density at radius 3 is 2.40 bits per heavy atom. The van der Waals surface area contributed by atoms with Crippen molar-refractivity contribution in [3.63, 3.8) is 0 Å². The van der Waals surface area contributed by atoms with Gasteiger partial charge < -0.3 is 14.9 Å². The number of hydrogen-bond acceptors (Lipinski definition) is 4. The summed E-state index contributed by atoms with van der Waals surface area (Å²) in [5, 5.41) is 16.2. The average molecular weight is 343 g/mol. The molecule has 0 rings (SSSR count). The fourth-order valence-electron chi connectivity index (χ4n) is 0.368. The van der Waals surface area contributed by atoms with Crippen molar-refractivity contribution in [1.82, 2.24) is 0 Å². The van der Waals surface area contributed by atoms with Gasteiger partial charge in [-0.3, -0.25) is 4.79 Å². The second-order valence-electron chi connectivity index (χ2n) is 1.47. The van der Waals surface area contributed by atoms with E-state index in [0.717, 1.165) is 0 Å². The molecule has 0 aliphatic heterocycles. The van der Waals surface area contributed by atoms with E-state index >= 15 is 0 Å². The molecule has 0 aromatic rings. The van der Waals surface area contributed by atoms with Crippen LogP contribution >= 0.6 is 0 Å². The molecule has 0 bridgehead atoms. The van der Waals surface area contributed by atoms with Gasteiger partial charge in [0.25, 0.3) is 0 Å². The molecule has 0 unspecified atom stereocenters. The van der Waals surface area contributed by atoms with Crippen LogP contribution in [0.2, 0.25) is 0 Å². The van der Waals surface area contributed by atoms with Crippen LogP contribution in [0.1, 0.15) is 12.8 Å². The Morgan fingerprint density at radius 2 is 2.00 bits per heavy atom. The standard InChI is InChI=1S/C5H10O4.Pb.2H/c6-3-1-2-5(8)9-4-7;;;/h6-7H,1-4H2;;;. The van der Waals surface area contributed by atoms with Crippen molar-refractivity contribution >= 4 is 33.3 Å². The zero-order chi connectivity index (χ0) is 7.11. The molecule has 0 aromatic heterocycles. The first kappa shape index (κ1) is 12.9. The van der Waals surface area contributed by atoms with E-state index in [1.54, 1.807) is 0 Å². The summed E-state index contributed by atoms with van der Waals surface area (Å²) in [5.74, 6) is -0.480. The van der Waals surface area contributed by atoms with E-state index in [9.17, 15) is 4.79 Å². The number of ether oxygens (including phenoxy) is 1. The first-order valence-electron chi connectivity index (χ1n) is 2.68. The summed E-state index contributed by atoms with van der Waals surface area (Å²) < 4.78 is 4.15. The third-order valence-corrected chi connectivity index (χ3v) is 0.765. The Bertz CT molecular complexity index is 85.7. The summed E-state index contributed by atoms with van der Waals surface area (Å²) in [7, 11) is 0. The Balaban J connectivity index is 0. The quantitative estimate of drug-likeness (QED) is 0.364. The second kappa shape index (κ2) is 9.31. The van der Waals surface area contributed by atoms with Crippen LogP contribution in [-0.4, -0.2) is 56.9 Å². The molecule has 60 valence electrons. The predicted molar refractivity (Wildman–Crippen MR) is 38.0 cm³/mol. The van der Waals surface area contributed by atoms with Crippen molar-refractivity contribution in [2.75, 3.05) is 13.4 Å². The van der Waals surface area contributed by atoms with E-state index in [4.69, 9.17) is 10.2 Å². The number of esters is 1. The van der Waals surface area contributed by atoms with Crippen LogP contribution in [0, 0.1) is 0 Å². The average Bonchev–Trinajstić information content (AvgIpc) is 1.85. The number of carbonyl (C=O) groups is 1. The molecule has 0 fully saturated rings. The maximum atomic E-state index is 10.3. The molecule has 5 heteroatoms. The molecule has 10 heavy (non-hydrogen) atoms. The van der Waals surface area contributed by atoms with Crippen LogP contribution in [-0.2, 0) is 9.53 Å². The van der Waals surface area contributed by atoms with Gasteiger partial charge >= 0.3 is 33.3 Å². The van der Waals surface area contributed by atoms with Gasteiger partial charge in [-0.15, -0.1) is 0 Å². The van der Waals surface area contributed by atoms with Crippen molar-refractivity contribution in [2.45, 2.75) is 12.8 Å². The van der Waals surface area contributed by atoms with Crippen molar-refractivity contribution in [3.8, 4) is 0 Å². The first-order valence-corrected chi connectivity index (χ1v) is 2.68. The van der Waals surface area contributed by atoms with Gasteiger partial charge in [-0.25, -0.2) is 0 Å². The van der Waals surface area contributed by atoms with Crippen LogP contribution < -0.4 is 0 Å². The second-order valence-corrected chi connectivity index (χ2v) is 1.47. The monoisotopic (exact) mass is 344 g/mol. The van der Waals surface area contributed by atoms with E-state index in [0.29, 0.717) is 6.42 Å². The van der Waals surface area contributed by atoms with Crippen molar-refractivity contribution in [3.05, 3.63) is 0 Å². The summed E-state index contributed by atoms with van der Waals surface area (Å²) in [6.07, 6.45) is 0.551. The zero-order valence-electron chi connectivity index (χ0n) is 5.75. The molecule has 2 radical (unpaired) electrons. The SMILES string of the molecule is O=C(CCCO)OCO.[PbH2]. The van der Waals surface area contributed by atoms with E-state index in [1.165, 1.54) is 0 Å². The van der Waals surface area contributed by atoms with E-state index in [1.807, 2.05) is 0 Å². The molecule has 0 aliphatic rings. The Kier molecular flexibility index (Phi) is 12.1. The van der Waals surface area contributed by atoms with Gasteiger partial charge in [0, 0.05) is 13.0 Å². The summed E-state index contributed by atoms with van der Waals surface area (Å²) >= 11 is 0. The summed E-state index contributed by atoms with van der Waals surface area (Å²) in [5.41, 5.74) is 0. The van der Waals surface area contributed by atoms with Crippen LogP contribution in [0.15, 0.2) is 0 Å². The fourth-order valence-corrected chi connectivity index (χ4v) is 0.368.